The number of anilines is 1. The summed E-state index contributed by atoms with van der Waals surface area (Å²) in [7, 11) is 0. The lowest BCUT2D eigenvalue weighted by molar-refractivity contribution is 0.102. The van der Waals surface area contributed by atoms with Gasteiger partial charge in [0.05, 0.1) is 22.4 Å². The standard InChI is InChI=1S/C12H6BrClN4OS/c13-6-2-1-5-15-9(6)12(19)16-10-7(14)3-4-8-11(10)18-20-17-8/h1-5H,(H,16,19). The number of nitrogens with one attached hydrogen (secondary N) is 1. The highest BCUT2D eigenvalue weighted by Gasteiger charge is 2.16. The van der Waals surface area contributed by atoms with Crippen molar-refractivity contribution in [2.45, 2.75) is 0 Å². The summed E-state index contributed by atoms with van der Waals surface area (Å²) in [6, 6.07) is 6.91. The number of aromatic nitrogens is 3. The summed E-state index contributed by atoms with van der Waals surface area (Å²) >= 11 is 10.5. The number of hydrogen-bond donors (Lipinski definition) is 1. The number of pyridine rings is 1. The normalized spacial score (nSPS) is 10.7. The van der Waals surface area contributed by atoms with Crippen LogP contribution in [0, 0.1) is 0 Å². The lowest BCUT2D eigenvalue weighted by Gasteiger charge is -2.08. The Morgan fingerprint density at radius 2 is 2.15 bits per heavy atom. The van der Waals surface area contributed by atoms with Crippen LogP contribution in [-0.4, -0.2) is 19.6 Å². The van der Waals surface area contributed by atoms with Crippen LogP contribution in [0.15, 0.2) is 34.9 Å². The molecule has 3 rings (SSSR count). The lowest BCUT2D eigenvalue weighted by atomic mass is 10.2. The summed E-state index contributed by atoms with van der Waals surface area (Å²) in [4.78, 5) is 16.3. The van der Waals surface area contributed by atoms with Gasteiger partial charge in [-0.3, -0.25) is 4.79 Å². The van der Waals surface area contributed by atoms with Crippen molar-refractivity contribution < 1.29 is 4.79 Å². The van der Waals surface area contributed by atoms with E-state index in [1.54, 1.807) is 30.5 Å². The summed E-state index contributed by atoms with van der Waals surface area (Å²) in [6.45, 7) is 0. The van der Waals surface area contributed by atoms with Crippen LogP contribution in [0.1, 0.15) is 10.5 Å². The molecule has 0 aliphatic rings. The van der Waals surface area contributed by atoms with Crippen LogP contribution in [0.25, 0.3) is 11.0 Å². The fourth-order valence-corrected chi connectivity index (χ4v) is 2.85. The second-order valence-electron chi connectivity index (χ2n) is 3.84. The zero-order valence-electron chi connectivity index (χ0n) is 9.80. The van der Waals surface area contributed by atoms with Crippen LogP contribution in [-0.2, 0) is 0 Å². The monoisotopic (exact) mass is 368 g/mol. The number of amides is 1. The maximum atomic E-state index is 12.2. The first-order chi connectivity index (χ1) is 9.66. The molecule has 0 aliphatic carbocycles. The van der Waals surface area contributed by atoms with Gasteiger partial charge < -0.3 is 5.32 Å². The van der Waals surface area contributed by atoms with Gasteiger partial charge in [-0.1, -0.05) is 11.6 Å². The third-order valence-corrected chi connectivity index (χ3v) is 4.09. The SMILES string of the molecule is O=C(Nc1c(Cl)ccc2nsnc12)c1ncccc1Br. The van der Waals surface area contributed by atoms with E-state index in [4.69, 9.17) is 11.6 Å². The third kappa shape index (κ3) is 2.39. The Balaban J connectivity index is 2.01. The highest BCUT2D eigenvalue weighted by Crippen LogP contribution is 2.30. The Morgan fingerprint density at radius 1 is 1.30 bits per heavy atom. The highest BCUT2D eigenvalue weighted by atomic mass is 79.9. The molecule has 0 atom stereocenters. The van der Waals surface area contributed by atoms with E-state index in [1.165, 1.54) is 0 Å². The van der Waals surface area contributed by atoms with Gasteiger partial charge in [0.1, 0.15) is 16.7 Å². The molecule has 100 valence electrons. The highest BCUT2D eigenvalue weighted by molar-refractivity contribution is 9.10. The molecule has 3 aromatic rings. The lowest BCUT2D eigenvalue weighted by Crippen LogP contribution is -2.14. The van der Waals surface area contributed by atoms with Crippen LogP contribution in [0.4, 0.5) is 5.69 Å². The van der Waals surface area contributed by atoms with Crippen LogP contribution in [0.2, 0.25) is 5.02 Å². The summed E-state index contributed by atoms with van der Waals surface area (Å²) in [5.41, 5.74) is 1.99. The molecule has 0 saturated heterocycles. The molecule has 0 spiro atoms. The second kappa shape index (κ2) is 5.43. The van der Waals surface area contributed by atoms with Gasteiger partial charge in [0, 0.05) is 10.7 Å². The third-order valence-electron chi connectivity index (χ3n) is 2.59. The van der Waals surface area contributed by atoms with Gasteiger partial charge >= 0.3 is 0 Å². The molecule has 0 unspecified atom stereocenters. The van der Waals surface area contributed by atoms with Crippen LogP contribution < -0.4 is 5.32 Å². The van der Waals surface area contributed by atoms with Gasteiger partial charge in [0.25, 0.3) is 5.91 Å². The van der Waals surface area contributed by atoms with E-state index in [0.717, 1.165) is 11.7 Å². The molecule has 2 heterocycles. The number of nitrogens with zero attached hydrogens (tertiary/aromatic N) is 3. The largest absolute Gasteiger partial charge is 0.317 e. The Labute approximate surface area is 131 Å². The molecule has 1 N–H and O–H groups in total. The summed E-state index contributed by atoms with van der Waals surface area (Å²) in [6.07, 6.45) is 1.55. The molecular formula is C12H6BrClN4OS. The van der Waals surface area contributed by atoms with Crippen LogP contribution in [0.3, 0.4) is 0 Å². The number of fused-ring (bicyclic) bond motifs is 1. The van der Waals surface area contributed by atoms with Crippen molar-refractivity contribution >= 4 is 61.9 Å². The minimum Gasteiger partial charge on any atom is -0.317 e. The van der Waals surface area contributed by atoms with E-state index >= 15 is 0 Å². The number of halogens is 2. The minimum atomic E-state index is -0.361. The molecule has 8 heteroatoms. The molecule has 20 heavy (non-hydrogen) atoms. The first-order valence-corrected chi connectivity index (χ1v) is 7.39. The van der Waals surface area contributed by atoms with Gasteiger partial charge in [-0.2, -0.15) is 8.75 Å². The molecule has 1 amide bonds. The van der Waals surface area contributed by atoms with E-state index in [0.29, 0.717) is 26.2 Å². The molecule has 0 fully saturated rings. The average Bonchev–Trinajstić information content (AvgIpc) is 2.91. The molecule has 1 aromatic carbocycles. The topological polar surface area (TPSA) is 67.8 Å². The van der Waals surface area contributed by atoms with Crippen LogP contribution >= 0.6 is 39.3 Å². The number of carbonyl (C=O) groups excluding carboxylic acids is 1. The minimum absolute atomic E-state index is 0.281. The number of rotatable bonds is 2. The molecule has 5 nitrogen and oxygen atoms in total. The van der Waals surface area contributed by atoms with Crippen molar-refractivity contribution in [2.75, 3.05) is 5.32 Å². The molecule has 0 saturated carbocycles. The van der Waals surface area contributed by atoms with Crippen molar-refractivity contribution in [3.63, 3.8) is 0 Å². The quantitative estimate of drug-likeness (QED) is 0.747. The zero-order valence-corrected chi connectivity index (χ0v) is 13.0. The predicted molar refractivity (Wildman–Crippen MR) is 82.3 cm³/mol. The van der Waals surface area contributed by atoms with Gasteiger partial charge in [0.2, 0.25) is 0 Å². The molecule has 0 bridgehead atoms. The van der Waals surface area contributed by atoms with Crippen molar-refractivity contribution in [1.82, 2.24) is 13.7 Å². The Morgan fingerprint density at radius 3 is 2.95 bits per heavy atom. The van der Waals surface area contributed by atoms with Gasteiger partial charge in [-0.25, -0.2) is 4.98 Å². The zero-order chi connectivity index (χ0) is 14.1. The maximum Gasteiger partial charge on any atom is 0.275 e. The fraction of sp³-hybridized carbons (Fsp3) is 0. The Kier molecular flexibility index (Phi) is 3.64. The predicted octanol–water partition coefficient (Wildman–Crippen LogP) is 3.75. The van der Waals surface area contributed by atoms with Crippen molar-refractivity contribution in [3.8, 4) is 0 Å². The van der Waals surface area contributed by atoms with Crippen molar-refractivity contribution in [3.05, 3.63) is 45.7 Å². The van der Waals surface area contributed by atoms with Gasteiger partial charge in [-0.15, -0.1) is 0 Å². The van der Waals surface area contributed by atoms with Crippen molar-refractivity contribution in [2.24, 2.45) is 0 Å². The first-order valence-electron chi connectivity index (χ1n) is 5.49. The maximum absolute atomic E-state index is 12.2. The first kappa shape index (κ1) is 13.4. The molecule has 0 radical (unpaired) electrons. The summed E-state index contributed by atoms with van der Waals surface area (Å²) in [5.74, 6) is -0.361. The van der Waals surface area contributed by atoms with E-state index in [1.807, 2.05) is 0 Å². The van der Waals surface area contributed by atoms with E-state index in [9.17, 15) is 4.79 Å². The van der Waals surface area contributed by atoms with Gasteiger partial charge in [-0.05, 0) is 40.2 Å². The average molecular weight is 370 g/mol. The van der Waals surface area contributed by atoms with E-state index < -0.39 is 0 Å². The smallest absolute Gasteiger partial charge is 0.275 e. The van der Waals surface area contributed by atoms with Gasteiger partial charge in [0.15, 0.2) is 0 Å². The number of benzene rings is 1. The van der Waals surface area contributed by atoms with E-state index in [2.05, 4.69) is 35.0 Å². The Bertz CT molecular complexity index is 807. The van der Waals surface area contributed by atoms with Crippen molar-refractivity contribution in [1.29, 1.82) is 0 Å². The van der Waals surface area contributed by atoms with Crippen LogP contribution in [0.5, 0.6) is 0 Å². The summed E-state index contributed by atoms with van der Waals surface area (Å²) in [5, 5.41) is 3.15. The molecule has 0 aliphatic heterocycles. The summed E-state index contributed by atoms with van der Waals surface area (Å²) < 4.78 is 8.87. The second-order valence-corrected chi connectivity index (χ2v) is 5.63. The molecular weight excluding hydrogens is 364 g/mol. The number of carbonyl (C=O) groups is 1. The number of hydrogen-bond acceptors (Lipinski definition) is 5. The molecule has 2 aromatic heterocycles. The van der Waals surface area contributed by atoms with E-state index in [-0.39, 0.29) is 11.6 Å². The fourth-order valence-electron chi connectivity index (χ4n) is 1.67. The Hall–Kier alpha value is -1.57.